The fraction of sp³-hybridized carbons (Fsp3) is 0.632. The summed E-state index contributed by atoms with van der Waals surface area (Å²) in [5.41, 5.74) is 3.41. The average Bonchev–Trinajstić information content (AvgIpc) is 2.55. The van der Waals surface area contributed by atoms with Gasteiger partial charge >= 0.3 is 0 Å². The summed E-state index contributed by atoms with van der Waals surface area (Å²) < 4.78 is 1.44. The van der Waals surface area contributed by atoms with Gasteiger partial charge in [-0.15, -0.1) is 12.4 Å². The van der Waals surface area contributed by atoms with Gasteiger partial charge in [0.15, 0.2) is 11.3 Å². The topological polar surface area (TPSA) is 26.1 Å². The van der Waals surface area contributed by atoms with Crippen molar-refractivity contribution in [3.05, 3.63) is 40.6 Å². The molecule has 0 saturated heterocycles. The van der Waals surface area contributed by atoms with Gasteiger partial charge < -0.3 is 5.21 Å². The molecular formula is C19H28ClNO. The highest BCUT2D eigenvalue weighted by atomic mass is 35.5. The van der Waals surface area contributed by atoms with Crippen LogP contribution in [-0.4, -0.2) is 16.0 Å². The van der Waals surface area contributed by atoms with Crippen LogP contribution in [0.25, 0.3) is 0 Å². The predicted octanol–water partition coefficient (Wildman–Crippen LogP) is 5.27. The van der Waals surface area contributed by atoms with Crippen LogP contribution in [0.1, 0.15) is 76.3 Å². The van der Waals surface area contributed by atoms with Crippen molar-refractivity contribution in [2.45, 2.75) is 70.8 Å². The molecule has 1 aromatic rings. The molecule has 1 heterocycles. The Bertz CT molecular complexity index is 558. The third kappa shape index (κ3) is 2.78. The molecule has 122 valence electrons. The molecule has 1 aliphatic carbocycles. The zero-order chi connectivity index (χ0) is 15.0. The minimum atomic E-state index is -0.156. The molecule has 0 bridgehead atoms. The van der Waals surface area contributed by atoms with E-state index in [1.165, 1.54) is 35.1 Å². The van der Waals surface area contributed by atoms with E-state index in [0.717, 1.165) is 25.0 Å². The molecule has 0 N–H and O–H groups in total. The van der Waals surface area contributed by atoms with Crippen LogP contribution in [0.2, 0.25) is 0 Å². The molecule has 1 aliphatic heterocycles. The smallest absolute Gasteiger partial charge is 0.197 e. The van der Waals surface area contributed by atoms with Crippen LogP contribution >= 0.6 is 12.4 Å². The lowest BCUT2D eigenvalue weighted by atomic mass is 9.75. The van der Waals surface area contributed by atoms with E-state index in [0.29, 0.717) is 5.92 Å². The van der Waals surface area contributed by atoms with Gasteiger partial charge in [-0.25, -0.2) is 4.74 Å². The van der Waals surface area contributed by atoms with Crippen molar-refractivity contribution in [3.8, 4) is 0 Å². The quantitative estimate of drug-likeness (QED) is 0.511. The lowest BCUT2D eigenvalue weighted by Crippen LogP contribution is -2.45. The van der Waals surface area contributed by atoms with Crippen molar-refractivity contribution in [1.29, 1.82) is 0 Å². The number of benzene rings is 1. The first kappa shape index (κ1) is 17.3. The summed E-state index contributed by atoms with van der Waals surface area (Å²) in [5, 5.41) is 13.4. The zero-order valence-corrected chi connectivity index (χ0v) is 14.8. The standard InChI is InChI=1S/C19H27NO.ClH/c1-14(2)18-17-10-6-5-9-16(17)15(3)13-19(20(18)21)11-7-4-8-12-19;/h5-6,9-10,14-15H,4,7-8,11-13H2,1-3H3;1H. The van der Waals surface area contributed by atoms with Crippen LogP contribution in [0.4, 0.5) is 0 Å². The Hall–Kier alpha value is -1.02. The van der Waals surface area contributed by atoms with Gasteiger partial charge in [0.1, 0.15) is 0 Å². The molecule has 1 atom stereocenters. The highest BCUT2D eigenvalue weighted by Crippen LogP contribution is 2.42. The average molecular weight is 322 g/mol. The van der Waals surface area contributed by atoms with Gasteiger partial charge in [-0.2, -0.15) is 0 Å². The first-order valence-corrected chi connectivity index (χ1v) is 8.49. The van der Waals surface area contributed by atoms with E-state index < -0.39 is 0 Å². The van der Waals surface area contributed by atoms with Crippen molar-refractivity contribution in [2.75, 3.05) is 0 Å². The Morgan fingerprint density at radius 1 is 1.14 bits per heavy atom. The fourth-order valence-corrected chi connectivity index (χ4v) is 4.45. The van der Waals surface area contributed by atoms with Crippen LogP contribution in [0.15, 0.2) is 24.3 Å². The minimum Gasteiger partial charge on any atom is -0.623 e. The summed E-state index contributed by atoms with van der Waals surface area (Å²) in [5.74, 6) is 0.736. The van der Waals surface area contributed by atoms with Gasteiger partial charge in [0.25, 0.3) is 0 Å². The number of hydrogen-bond acceptors (Lipinski definition) is 1. The van der Waals surface area contributed by atoms with Crippen LogP contribution in [0, 0.1) is 11.1 Å². The molecule has 2 nitrogen and oxygen atoms in total. The highest BCUT2D eigenvalue weighted by molar-refractivity contribution is 6.00. The third-order valence-electron chi connectivity index (χ3n) is 5.43. The maximum Gasteiger partial charge on any atom is 0.197 e. The third-order valence-corrected chi connectivity index (χ3v) is 5.43. The largest absolute Gasteiger partial charge is 0.623 e. The molecule has 2 aliphatic rings. The molecule has 0 aromatic heterocycles. The summed E-state index contributed by atoms with van der Waals surface area (Å²) in [6, 6.07) is 8.55. The lowest BCUT2D eigenvalue weighted by Gasteiger charge is -2.37. The first-order valence-electron chi connectivity index (χ1n) is 8.49. The molecule has 1 unspecified atom stereocenters. The number of halogens is 1. The molecule has 1 aromatic carbocycles. The summed E-state index contributed by atoms with van der Waals surface area (Å²) in [7, 11) is 0. The summed E-state index contributed by atoms with van der Waals surface area (Å²) in [6.07, 6.45) is 6.81. The monoisotopic (exact) mass is 321 g/mol. The van der Waals surface area contributed by atoms with E-state index in [-0.39, 0.29) is 23.9 Å². The molecule has 1 saturated carbocycles. The van der Waals surface area contributed by atoms with E-state index in [9.17, 15) is 5.21 Å². The van der Waals surface area contributed by atoms with E-state index >= 15 is 0 Å². The Balaban J connectivity index is 0.00000176. The van der Waals surface area contributed by atoms with Crippen LogP contribution in [-0.2, 0) is 0 Å². The Kier molecular flexibility index (Phi) is 5.21. The second-order valence-electron chi connectivity index (χ2n) is 7.31. The molecule has 3 heteroatoms. The van der Waals surface area contributed by atoms with Crippen LogP contribution < -0.4 is 0 Å². The van der Waals surface area contributed by atoms with Crippen molar-refractivity contribution in [1.82, 2.24) is 0 Å². The maximum absolute atomic E-state index is 13.4. The SMILES string of the molecule is CC(C)C1=[N+]([O-])C2(CCCCC2)CC(C)c2ccccc21.Cl. The molecule has 3 rings (SSSR count). The zero-order valence-electron chi connectivity index (χ0n) is 14.0. The predicted molar refractivity (Wildman–Crippen MR) is 95.1 cm³/mol. The summed E-state index contributed by atoms with van der Waals surface area (Å²) in [4.78, 5) is 0. The normalized spacial score (nSPS) is 23.9. The molecule has 1 spiro atoms. The second-order valence-corrected chi connectivity index (χ2v) is 7.31. The molecule has 1 fully saturated rings. The highest BCUT2D eigenvalue weighted by Gasteiger charge is 2.46. The first-order chi connectivity index (χ1) is 10.1. The van der Waals surface area contributed by atoms with Gasteiger partial charge in [0.05, 0.1) is 0 Å². The van der Waals surface area contributed by atoms with Crippen molar-refractivity contribution in [2.24, 2.45) is 5.92 Å². The van der Waals surface area contributed by atoms with Gasteiger partial charge in [-0.05, 0) is 30.4 Å². The molecule has 22 heavy (non-hydrogen) atoms. The molecule has 0 amide bonds. The van der Waals surface area contributed by atoms with Gasteiger partial charge in [-0.1, -0.05) is 45.4 Å². The Labute approximate surface area is 140 Å². The maximum atomic E-state index is 13.4. The van der Waals surface area contributed by atoms with E-state index in [4.69, 9.17) is 0 Å². The lowest BCUT2D eigenvalue weighted by molar-refractivity contribution is -0.558. The van der Waals surface area contributed by atoms with Crippen molar-refractivity contribution < 1.29 is 4.74 Å². The van der Waals surface area contributed by atoms with Gasteiger partial charge in [0.2, 0.25) is 0 Å². The Morgan fingerprint density at radius 2 is 1.77 bits per heavy atom. The van der Waals surface area contributed by atoms with E-state index in [2.05, 4.69) is 45.0 Å². The van der Waals surface area contributed by atoms with Crippen molar-refractivity contribution in [3.63, 3.8) is 0 Å². The Morgan fingerprint density at radius 3 is 2.41 bits per heavy atom. The summed E-state index contributed by atoms with van der Waals surface area (Å²) in [6.45, 7) is 6.61. The van der Waals surface area contributed by atoms with Gasteiger partial charge in [-0.3, -0.25) is 0 Å². The number of fused-ring (bicyclic) bond motifs is 1. The van der Waals surface area contributed by atoms with Crippen molar-refractivity contribution >= 4 is 18.1 Å². The van der Waals surface area contributed by atoms with E-state index in [1.54, 1.807) is 0 Å². The number of rotatable bonds is 1. The van der Waals surface area contributed by atoms with E-state index in [1.807, 2.05) is 0 Å². The number of hydroxylamine groups is 1. The summed E-state index contributed by atoms with van der Waals surface area (Å²) >= 11 is 0. The van der Waals surface area contributed by atoms with Gasteiger partial charge in [0, 0.05) is 30.7 Å². The number of nitrogens with zero attached hydrogens (tertiary/aromatic N) is 1. The molecule has 0 radical (unpaired) electrons. The van der Waals surface area contributed by atoms with Crippen LogP contribution in [0.5, 0.6) is 0 Å². The number of hydrogen-bond donors (Lipinski definition) is 0. The second kappa shape index (κ2) is 6.62. The van der Waals surface area contributed by atoms with Crippen LogP contribution in [0.3, 0.4) is 0 Å². The minimum absolute atomic E-state index is 0. The fourth-order valence-electron chi connectivity index (χ4n) is 4.45. The molecular weight excluding hydrogens is 294 g/mol.